The Morgan fingerprint density at radius 2 is 2.06 bits per heavy atom. The second-order valence-electron chi connectivity index (χ2n) is 4.70. The Bertz CT molecular complexity index is 272. The fourth-order valence-electron chi connectivity index (χ4n) is 1.46. The van der Waals surface area contributed by atoms with E-state index >= 15 is 0 Å². The zero-order valence-corrected chi connectivity index (χ0v) is 10.5. The minimum atomic E-state index is 0.485. The number of hydrogen-bond donors (Lipinski definition) is 2. The minimum absolute atomic E-state index is 0.485. The molecule has 90 valence electrons. The number of pyridine rings is 1. The first-order valence-corrected chi connectivity index (χ1v) is 6.01. The monoisotopic (exact) mass is 221 g/mol. The molecule has 1 unspecified atom stereocenters. The third-order valence-electron chi connectivity index (χ3n) is 2.38. The molecule has 0 saturated heterocycles. The van der Waals surface area contributed by atoms with E-state index in [0.29, 0.717) is 12.0 Å². The van der Waals surface area contributed by atoms with Gasteiger partial charge in [-0.25, -0.2) is 0 Å². The van der Waals surface area contributed by atoms with Crippen LogP contribution in [0.15, 0.2) is 24.5 Å². The zero-order valence-electron chi connectivity index (χ0n) is 10.5. The van der Waals surface area contributed by atoms with Crippen molar-refractivity contribution in [3.05, 3.63) is 30.1 Å². The van der Waals surface area contributed by atoms with Crippen LogP contribution >= 0.6 is 0 Å². The van der Waals surface area contributed by atoms with E-state index in [1.165, 1.54) is 5.56 Å². The Balaban J connectivity index is 2.13. The van der Waals surface area contributed by atoms with E-state index in [1.807, 2.05) is 12.3 Å². The lowest BCUT2D eigenvalue weighted by Crippen LogP contribution is -2.37. The smallest absolute Gasteiger partial charge is 0.0312 e. The Morgan fingerprint density at radius 1 is 1.25 bits per heavy atom. The van der Waals surface area contributed by atoms with E-state index < -0.39 is 0 Å². The van der Waals surface area contributed by atoms with Gasteiger partial charge in [0.15, 0.2) is 0 Å². The first-order chi connectivity index (χ1) is 7.68. The van der Waals surface area contributed by atoms with Crippen LogP contribution in [-0.2, 0) is 6.54 Å². The van der Waals surface area contributed by atoms with Gasteiger partial charge in [-0.3, -0.25) is 4.98 Å². The first-order valence-electron chi connectivity index (χ1n) is 6.01. The van der Waals surface area contributed by atoms with Crippen molar-refractivity contribution in [1.29, 1.82) is 0 Å². The van der Waals surface area contributed by atoms with Crippen LogP contribution in [0, 0.1) is 5.92 Å². The van der Waals surface area contributed by atoms with Gasteiger partial charge in [0, 0.05) is 31.5 Å². The summed E-state index contributed by atoms with van der Waals surface area (Å²) < 4.78 is 0. The summed E-state index contributed by atoms with van der Waals surface area (Å²) in [5.41, 5.74) is 1.23. The highest BCUT2D eigenvalue weighted by Gasteiger charge is 2.01. The van der Waals surface area contributed by atoms with Crippen molar-refractivity contribution in [2.24, 2.45) is 5.92 Å². The molecule has 16 heavy (non-hydrogen) atoms. The summed E-state index contributed by atoms with van der Waals surface area (Å²) >= 11 is 0. The molecule has 0 spiro atoms. The molecular weight excluding hydrogens is 198 g/mol. The Morgan fingerprint density at radius 3 is 2.69 bits per heavy atom. The van der Waals surface area contributed by atoms with Crippen molar-refractivity contribution in [2.45, 2.75) is 33.4 Å². The maximum absolute atomic E-state index is 4.09. The predicted octanol–water partition coefficient (Wildman–Crippen LogP) is 1.81. The van der Waals surface area contributed by atoms with Gasteiger partial charge in [0.2, 0.25) is 0 Å². The molecule has 1 aromatic heterocycles. The highest BCUT2D eigenvalue weighted by molar-refractivity contribution is 5.07. The van der Waals surface area contributed by atoms with Gasteiger partial charge in [0.05, 0.1) is 0 Å². The molecule has 1 atom stereocenters. The third kappa shape index (κ3) is 5.83. The van der Waals surface area contributed by atoms with Gasteiger partial charge in [-0.15, -0.1) is 0 Å². The molecule has 3 nitrogen and oxygen atoms in total. The topological polar surface area (TPSA) is 37.0 Å². The lowest BCUT2D eigenvalue weighted by molar-refractivity contribution is 0.472. The molecule has 1 rings (SSSR count). The highest BCUT2D eigenvalue weighted by atomic mass is 15.0. The maximum atomic E-state index is 4.09. The van der Waals surface area contributed by atoms with Crippen LogP contribution in [0.3, 0.4) is 0 Å². The average Bonchev–Trinajstić information content (AvgIpc) is 2.27. The molecule has 0 fully saturated rings. The summed E-state index contributed by atoms with van der Waals surface area (Å²) in [7, 11) is 0. The van der Waals surface area contributed by atoms with Crippen molar-refractivity contribution in [3.63, 3.8) is 0 Å². The summed E-state index contributed by atoms with van der Waals surface area (Å²) in [6.45, 7) is 9.63. The van der Waals surface area contributed by atoms with Gasteiger partial charge in [-0.05, 0) is 31.0 Å². The van der Waals surface area contributed by atoms with Crippen molar-refractivity contribution < 1.29 is 0 Å². The Kier molecular flexibility index (Phi) is 6.04. The van der Waals surface area contributed by atoms with Crippen molar-refractivity contribution in [1.82, 2.24) is 15.6 Å². The summed E-state index contributed by atoms with van der Waals surface area (Å²) in [5.74, 6) is 0.713. The highest BCUT2D eigenvalue weighted by Crippen LogP contribution is 1.95. The van der Waals surface area contributed by atoms with Gasteiger partial charge in [-0.2, -0.15) is 0 Å². The molecule has 3 heteroatoms. The summed E-state index contributed by atoms with van der Waals surface area (Å²) in [6, 6.07) is 4.55. The fraction of sp³-hybridized carbons (Fsp3) is 0.615. The van der Waals surface area contributed by atoms with Gasteiger partial charge < -0.3 is 10.6 Å². The van der Waals surface area contributed by atoms with Gasteiger partial charge in [0.1, 0.15) is 0 Å². The van der Waals surface area contributed by atoms with Crippen LogP contribution in [0.2, 0.25) is 0 Å². The molecule has 0 radical (unpaired) electrons. The molecule has 0 bridgehead atoms. The van der Waals surface area contributed by atoms with E-state index in [0.717, 1.165) is 19.6 Å². The van der Waals surface area contributed by atoms with E-state index in [1.54, 1.807) is 6.20 Å². The minimum Gasteiger partial charge on any atom is -0.315 e. The van der Waals surface area contributed by atoms with E-state index in [-0.39, 0.29) is 0 Å². The molecule has 0 amide bonds. The van der Waals surface area contributed by atoms with Crippen LogP contribution in [0.5, 0.6) is 0 Å². The van der Waals surface area contributed by atoms with E-state index in [2.05, 4.69) is 42.5 Å². The number of rotatable bonds is 7. The lowest BCUT2D eigenvalue weighted by atomic mass is 10.2. The van der Waals surface area contributed by atoms with Gasteiger partial charge in [-0.1, -0.05) is 19.9 Å². The second-order valence-corrected chi connectivity index (χ2v) is 4.70. The summed E-state index contributed by atoms with van der Waals surface area (Å²) in [5, 5.41) is 6.91. The molecule has 1 heterocycles. The molecule has 2 N–H and O–H groups in total. The number of nitrogens with zero attached hydrogens (tertiary/aromatic N) is 1. The van der Waals surface area contributed by atoms with Crippen LogP contribution in [0.1, 0.15) is 26.3 Å². The van der Waals surface area contributed by atoms with E-state index in [4.69, 9.17) is 0 Å². The number of nitrogens with one attached hydrogen (secondary N) is 2. The molecule has 0 aliphatic carbocycles. The standard InChI is InChI=1S/C13H23N3/c1-11(2)7-15-8-12(3)16-10-13-5-4-6-14-9-13/h4-6,9,11-12,15-16H,7-8,10H2,1-3H3. The molecule has 0 aliphatic rings. The zero-order chi connectivity index (χ0) is 11.8. The van der Waals surface area contributed by atoms with E-state index in [9.17, 15) is 0 Å². The van der Waals surface area contributed by atoms with Gasteiger partial charge >= 0.3 is 0 Å². The average molecular weight is 221 g/mol. The quantitative estimate of drug-likeness (QED) is 0.737. The SMILES string of the molecule is CC(C)CNCC(C)NCc1cccnc1. The summed E-state index contributed by atoms with van der Waals surface area (Å²) in [6.07, 6.45) is 3.71. The molecular formula is C13H23N3. The normalized spacial score (nSPS) is 13.0. The summed E-state index contributed by atoms with van der Waals surface area (Å²) in [4.78, 5) is 4.09. The first kappa shape index (κ1) is 13.1. The van der Waals surface area contributed by atoms with Crippen molar-refractivity contribution in [3.8, 4) is 0 Å². The van der Waals surface area contributed by atoms with Crippen LogP contribution in [0.4, 0.5) is 0 Å². The van der Waals surface area contributed by atoms with Crippen LogP contribution in [-0.4, -0.2) is 24.1 Å². The molecule has 1 aromatic rings. The van der Waals surface area contributed by atoms with Crippen LogP contribution < -0.4 is 10.6 Å². The largest absolute Gasteiger partial charge is 0.315 e. The maximum Gasteiger partial charge on any atom is 0.0312 e. The van der Waals surface area contributed by atoms with Crippen molar-refractivity contribution >= 4 is 0 Å². The molecule has 0 aliphatic heterocycles. The van der Waals surface area contributed by atoms with Gasteiger partial charge in [0.25, 0.3) is 0 Å². The molecule has 0 saturated carbocycles. The predicted molar refractivity (Wildman–Crippen MR) is 68.2 cm³/mol. The lowest BCUT2D eigenvalue weighted by Gasteiger charge is -2.15. The molecule has 0 aromatic carbocycles. The fourth-order valence-corrected chi connectivity index (χ4v) is 1.46. The van der Waals surface area contributed by atoms with Crippen molar-refractivity contribution in [2.75, 3.05) is 13.1 Å². The number of hydrogen-bond acceptors (Lipinski definition) is 3. The number of aromatic nitrogens is 1. The second kappa shape index (κ2) is 7.36. The Hall–Kier alpha value is -0.930. The van der Waals surface area contributed by atoms with Crippen LogP contribution in [0.25, 0.3) is 0 Å². The Labute approximate surface area is 98.7 Å². The third-order valence-corrected chi connectivity index (χ3v) is 2.38.